The third kappa shape index (κ3) is 5.10. The molecule has 31 heavy (non-hydrogen) atoms. The first-order valence-electron chi connectivity index (χ1n) is 9.78. The minimum atomic E-state index is -0.611. The lowest BCUT2D eigenvalue weighted by Gasteiger charge is -2.16. The molecule has 1 aromatic heterocycles. The van der Waals surface area contributed by atoms with E-state index >= 15 is 0 Å². The largest absolute Gasteiger partial charge is 0.418 e. The predicted molar refractivity (Wildman–Crippen MR) is 121 cm³/mol. The minimum Gasteiger partial charge on any atom is -0.418 e. The lowest BCUT2D eigenvalue weighted by Crippen LogP contribution is -2.33. The number of aromatic nitrogens is 2. The zero-order valence-electron chi connectivity index (χ0n) is 17.1. The van der Waals surface area contributed by atoms with Crippen molar-refractivity contribution in [2.75, 3.05) is 5.32 Å². The van der Waals surface area contributed by atoms with Gasteiger partial charge in [0.05, 0.1) is 0 Å². The number of benzene rings is 3. The van der Waals surface area contributed by atoms with E-state index in [-0.39, 0.29) is 11.9 Å². The molecule has 3 aromatic carbocycles. The van der Waals surface area contributed by atoms with Gasteiger partial charge in [-0.2, -0.15) is 0 Å². The average Bonchev–Trinajstić information content (AvgIpc) is 3.22. The van der Waals surface area contributed by atoms with E-state index in [0.29, 0.717) is 16.6 Å². The molecule has 0 spiro atoms. The van der Waals surface area contributed by atoms with Gasteiger partial charge in [-0.3, -0.25) is 0 Å². The van der Waals surface area contributed by atoms with Gasteiger partial charge in [0.15, 0.2) is 0 Å². The van der Waals surface area contributed by atoms with Crippen molar-refractivity contribution in [3.8, 4) is 11.5 Å². The van der Waals surface area contributed by atoms with Crippen LogP contribution in [0.4, 0.5) is 10.5 Å². The maximum absolute atomic E-state index is 12.8. The van der Waals surface area contributed by atoms with Gasteiger partial charge >= 0.3 is 6.03 Å². The molecule has 2 N–H and O–H groups in total. The number of rotatable bonds is 5. The van der Waals surface area contributed by atoms with Crippen molar-refractivity contribution < 1.29 is 9.21 Å². The maximum Gasteiger partial charge on any atom is 0.320 e. The molecule has 0 fully saturated rings. The summed E-state index contributed by atoms with van der Waals surface area (Å²) in [5.74, 6) is 0.635. The monoisotopic (exact) mass is 432 g/mol. The summed E-state index contributed by atoms with van der Waals surface area (Å²) in [5, 5.41) is 14.8. The van der Waals surface area contributed by atoms with Gasteiger partial charge in [0.1, 0.15) is 6.04 Å². The standard InChI is InChI=1S/C24H21ClN4O2/c1-15-12-16(2)14-20(13-15)26-24(30)27-21(17-6-4-3-5-7-17)23-29-28-22(31-23)18-8-10-19(25)11-9-18/h3-14,21H,1-2H3,(H2,26,27,30)/t21-/m0/s1. The molecule has 0 bridgehead atoms. The van der Waals surface area contributed by atoms with Crippen LogP contribution in [0.3, 0.4) is 0 Å². The van der Waals surface area contributed by atoms with Crippen LogP contribution in [-0.2, 0) is 0 Å². The quantitative estimate of drug-likeness (QED) is 0.410. The molecule has 1 heterocycles. The highest BCUT2D eigenvalue weighted by molar-refractivity contribution is 6.30. The molecule has 0 unspecified atom stereocenters. The summed E-state index contributed by atoms with van der Waals surface area (Å²) in [6.45, 7) is 3.97. The summed E-state index contributed by atoms with van der Waals surface area (Å²) in [7, 11) is 0. The van der Waals surface area contributed by atoms with Gasteiger partial charge in [-0.25, -0.2) is 4.79 Å². The number of amides is 2. The molecular weight excluding hydrogens is 412 g/mol. The molecule has 1 atom stereocenters. The van der Waals surface area contributed by atoms with Gasteiger partial charge in [0.25, 0.3) is 0 Å². The van der Waals surface area contributed by atoms with Gasteiger partial charge in [0.2, 0.25) is 11.8 Å². The highest BCUT2D eigenvalue weighted by Crippen LogP contribution is 2.26. The third-order valence-electron chi connectivity index (χ3n) is 4.67. The first kappa shape index (κ1) is 20.6. The van der Waals surface area contributed by atoms with Crippen LogP contribution in [-0.4, -0.2) is 16.2 Å². The number of anilines is 1. The van der Waals surface area contributed by atoms with Crippen molar-refractivity contribution in [1.82, 2.24) is 15.5 Å². The Balaban J connectivity index is 1.59. The first-order chi connectivity index (χ1) is 15.0. The lowest BCUT2D eigenvalue weighted by molar-refractivity contribution is 0.248. The second kappa shape index (κ2) is 9.02. The Morgan fingerprint density at radius 3 is 2.29 bits per heavy atom. The second-order valence-corrected chi connectivity index (χ2v) is 7.71. The molecule has 0 aliphatic heterocycles. The fraction of sp³-hybridized carbons (Fsp3) is 0.125. The van der Waals surface area contributed by atoms with Crippen LogP contribution in [0.2, 0.25) is 5.02 Å². The number of carbonyl (C=O) groups excluding carboxylic acids is 1. The SMILES string of the molecule is Cc1cc(C)cc(NC(=O)N[C@@H](c2ccccc2)c2nnc(-c3ccc(Cl)cc3)o2)c1. The van der Waals surface area contributed by atoms with Crippen molar-refractivity contribution in [3.05, 3.63) is 100 Å². The number of nitrogens with one attached hydrogen (secondary N) is 2. The molecular formula is C24H21ClN4O2. The van der Waals surface area contributed by atoms with E-state index in [1.54, 1.807) is 24.3 Å². The average molecular weight is 433 g/mol. The molecule has 7 heteroatoms. The summed E-state index contributed by atoms with van der Waals surface area (Å²) >= 11 is 5.96. The summed E-state index contributed by atoms with van der Waals surface area (Å²) in [6.07, 6.45) is 0. The van der Waals surface area contributed by atoms with E-state index in [0.717, 1.165) is 22.3 Å². The summed E-state index contributed by atoms with van der Waals surface area (Å²) in [5.41, 5.74) is 4.42. The van der Waals surface area contributed by atoms with E-state index in [9.17, 15) is 4.79 Å². The smallest absolute Gasteiger partial charge is 0.320 e. The van der Waals surface area contributed by atoms with Crippen LogP contribution in [0.5, 0.6) is 0 Å². The van der Waals surface area contributed by atoms with Crippen molar-refractivity contribution in [1.29, 1.82) is 0 Å². The van der Waals surface area contributed by atoms with Crippen molar-refractivity contribution in [2.45, 2.75) is 19.9 Å². The second-order valence-electron chi connectivity index (χ2n) is 7.27. The van der Waals surface area contributed by atoms with Crippen LogP contribution < -0.4 is 10.6 Å². The van der Waals surface area contributed by atoms with Crippen LogP contribution >= 0.6 is 11.6 Å². The molecule has 0 aliphatic rings. The highest BCUT2D eigenvalue weighted by atomic mass is 35.5. The molecule has 6 nitrogen and oxygen atoms in total. The van der Waals surface area contributed by atoms with Crippen molar-refractivity contribution in [3.63, 3.8) is 0 Å². The Hall–Kier alpha value is -3.64. The third-order valence-corrected chi connectivity index (χ3v) is 4.92. The fourth-order valence-corrected chi connectivity index (χ4v) is 3.46. The number of hydrogen-bond donors (Lipinski definition) is 2. The predicted octanol–water partition coefficient (Wildman–Crippen LogP) is 5.92. The fourth-order valence-electron chi connectivity index (χ4n) is 3.34. The van der Waals surface area contributed by atoms with Crippen molar-refractivity contribution >= 4 is 23.3 Å². The summed E-state index contributed by atoms with van der Waals surface area (Å²) in [4.78, 5) is 12.8. The normalized spacial score (nSPS) is 11.7. The van der Waals surface area contributed by atoms with Crippen LogP contribution in [0.25, 0.3) is 11.5 Å². The Morgan fingerprint density at radius 2 is 1.61 bits per heavy atom. The van der Waals surface area contributed by atoms with E-state index in [1.807, 2.05) is 62.4 Å². The lowest BCUT2D eigenvalue weighted by atomic mass is 10.1. The Kier molecular flexibility index (Phi) is 6.00. The zero-order chi connectivity index (χ0) is 21.8. The molecule has 0 radical (unpaired) electrons. The first-order valence-corrected chi connectivity index (χ1v) is 10.2. The van der Waals surface area contributed by atoms with Crippen LogP contribution in [0.1, 0.15) is 28.6 Å². The molecule has 156 valence electrons. The number of nitrogens with zero attached hydrogens (tertiary/aromatic N) is 2. The summed E-state index contributed by atoms with van der Waals surface area (Å²) in [6, 6.07) is 21.5. The Bertz CT molecular complexity index is 1170. The number of aryl methyl sites for hydroxylation is 2. The molecule has 0 saturated carbocycles. The van der Waals surface area contributed by atoms with Crippen LogP contribution in [0, 0.1) is 13.8 Å². The number of hydrogen-bond acceptors (Lipinski definition) is 4. The van der Waals surface area contributed by atoms with Crippen molar-refractivity contribution in [2.24, 2.45) is 0 Å². The van der Waals surface area contributed by atoms with Gasteiger partial charge < -0.3 is 15.1 Å². The van der Waals surface area contributed by atoms with Gasteiger partial charge in [-0.05, 0) is 66.9 Å². The van der Waals surface area contributed by atoms with E-state index in [1.165, 1.54) is 0 Å². The minimum absolute atomic E-state index is 0.284. The van der Waals surface area contributed by atoms with Gasteiger partial charge in [0, 0.05) is 16.3 Å². The molecule has 2 amide bonds. The maximum atomic E-state index is 12.8. The number of carbonyl (C=O) groups is 1. The molecule has 0 aliphatic carbocycles. The zero-order valence-corrected chi connectivity index (χ0v) is 17.9. The molecule has 4 rings (SSSR count). The summed E-state index contributed by atoms with van der Waals surface area (Å²) < 4.78 is 5.91. The van der Waals surface area contributed by atoms with Gasteiger partial charge in [-0.15, -0.1) is 10.2 Å². The number of urea groups is 1. The topological polar surface area (TPSA) is 80.0 Å². The molecule has 0 saturated heterocycles. The van der Waals surface area contributed by atoms with Gasteiger partial charge in [-0.1, -0.05) is 48.0 Å². The number of halogens is 1. The Morgan fingerprint density at radius 1 is 0.935 bits per heavy atom. The van der Waals surface area contributed by atoms with E-state index in [4.69, 9.17) is 16.0 Å². The van der Waals surface area contributed by atoms with E-state index in [2.05, 4.69) is 20.8 Å². The molecule has 4 aromatic rings. The van der Waals surface area contributed by atoms with E-state index < -0.39 is 6.04 Å². The highest BCUT2D eigenvalue weighted by Gasteiger charge is 2.23. The van der Waals surface area contributed by atoms with Crippen LogP contribution in [0.15, 0.2) is 77.2 Å². The Labute approximate surface area is 185 Å².